The fourth-order valence-electron chi connectivity index (χ4n) is 2.69. The van der Waals surface area contributed by atoms with Crippen molar-refractivity contribution in [3.63, 3.8) is 0 Å². The fourth-order valence-corrected chi connectivity index (χ4v) is 2.91. The molecule has 148 valence electrons. The maximum Gasteiger partial charge on any atom is 0.257 e. The van der Waals surface area contributed by atoms with Gasteiger partial charge in [0.15, 0.2) is 0 Å². The second-order valence-electron chi connectivity index (χ2n) is 6.26. The maximum atomic E-state index is 12.4. The van der Waals surface area contributed by atoms with Crippen LogP contribution in [0.1, 0.15) is 10.4 Å². The summed E-state index contributed by atoms with van der Waals surface area (Å²) in [4.78, 5) is 25.0. The van der Waals surface area contributed by atoms with E-state index in [2.05, 4.69) is 30.9 Å². The van der Waals surface area contributed by atoms with Gasteiger partial charge in [0.2, 0.25) is 0 Å². The van der Waals surface area contributed by atoms with Crippen LogP contribution in [0.15, 0.2) is 85.3 Å². The first kappa shape index (κ1) is 19.4. The van der Waals surface area contributed by atoms with Gasteiger partial charge in [0.1, 0.15) is 23.8 Å². The predicted molar refractivity (Wildman–Crippen MR) is 119 cm³/mol. The van der Waals surface area contributed by atoms with E-state index < -0.39 is 0 Å². The molecule has 0 saturated carbocycles. The smallest absolute Gasteiger partial charge is 0.257 e. The molecule has 2 heterocycles. The molecule has 30 heavy (non-hydrogen) atoms. The second kappa shape index (κ2) is 9.02. The molecule has 7 nitrogen and oxygen atoms in total. The highest BCUT2D eigenvalue weighted by molar-refractivity contribution is 6.34. The summed E-state index contributed by atoms with van der Waals surface area (Å²) in [6.45, 7) is 0. The van der Waals surface area contributed by atoms with Crippen molar-refractivity contribution in [1.82, 2.24) is 15.0 Å². The number of benzene rings is 2. The molecule has 0 saturated heterocycles. The zero-order valence-electron chi connectivity index (χ0n) is 15.7. The molecular weight excluding hydrogens is 400 g/mol. The predicted octanol–water partition coefficient (Wildman–Crippen LogP) is 5.26. The van der Waals surface area contributed by atoms with Crippen molar-refractivity contribution in [3.8, 4) is 0 Å². The van der Waals surface area contributed by atoms with E-state index in [1.165, 1.54) is 6.33 Å². The van der Waals surface area contributed by atoms with Crippen molar-refractivity contribution in [3.05, 3.63) is 95.9 Å². The minimum atomic E-state index is -0.262. The highest BCUT2D eigenvalue weighted by Crippen LogP contribution is 2.21. The summed E-state index contributed by atoms with van der Waals surface area (Å²) in [7, 11) is 0. The van der Waals surface area contributed by atoms with Gasteiger partial charge in [-0.2, -0.15) is 0 Å². The molecule has 0 aliphatic carbocycles. The topological polar surface area (TPSA) is 91.8 Å². The van der Waals surface area contributed by atoms with Crippen LogP contribution < -0.4 is 16.0 Å². The summed E-state index contributed by atoms with van der Waals surface area (Å²) in [6, 6.07) is 21.6. The Balaban J connectivity index is 1.41. The highest BCUT2D eigenvalue weighted by atomic mass is 35.5. The Bertz CT molecular complexity index is 1150. The van der Waals surface area contributed by atoms with Gasteiger partial charge < -0.3 is 16.0 Å². The summed E-state index contributed by atoms with van der Waals surface area (Å²) in [5.41, 5.74) is 1.90. The Morgan fingerprint density at radius 1 is 0.733 bits per heavy atom. The van der Waals surface area contributed by atoms with Crippen LogP contribution in [-0.2, 0) is 0 Å². The molecule has 2 aromatic carbocycles. The van der Waals surface area contributed by atoms with Crippen LogP contribution in [0.25, 0.3) is 0 Å². The zero-order chi connectivity index (χ0) is 20.8. The van der Waals surface area contributed by atoms with Gasteiger partial charge in [-0.3, -0.25) is 4.79 Å². The lowest BCUT2D eigenvalue weighted by molar-refractivity contribution is 0.102. The molecule has 8 heteroatoms. The summed E-state index contributed by atoms with van der Waals surface area (Å²) in [6.07, 6.45) is 3.17. The number of hydrogen-bond acceptors (Lipinski definition) is 6. The zero-order valence-corrected chi connectivity index (χ0v) is 16.5. The molecule has 0 radical (unpaired) electrons. The van der Waals surface area contributed by atoms with Gasteiger partial charge in [0, 0.05) is 23.6 Å². The number of rotatable bonds is 6. The summed E-state index contributed by atoms with van der Waals surface area (Å²) >= 11 is 6.07. The number of halogens is 1. The number of carbonyl (C=O) groups is 1. The normalized spacial score (nSPS) is 10.3. The summed E-state index contributed by atoms with van der Waals surface area (Å²) < 4.78 is 0. The minimum absolute atomic E-state index is 0.262. The van der Waals surface area contributed by atoms with E-state index in [9.17, 15) is 4.79 Å². The van der Waals surface area contributed by atoms with Gasteiger partial charge in [0.05, 0.1) is 10.6 Å². The van der Waals surface area contributed by atoms with Gasteiger partial charge in [-0.25, -0.2) is 15.0 Å². The fraction of sp³-hybridized carbons (Fsp3) is 0. The Labute approximate surface area is 178 Å². The number of carbonyl (C=O) groups excluding carboxylic acids is 1. The molecule has 4 aromatic rings. The average Bonchev–Trinajstić information content (AvgIpc) is 2.76. The van der Waals surface area contributed by atoms with Crippen LogP contribution in [-0.4, -0.2) is 20.9 Å². The molecule has 1 amide bonds. The van der Waals surface area contributed by atoms with Crippen molar-refractivity contribution in [1.29, 1.82) is 0 Å². The number of pyridine rings is 1. The molecule has 0 aliphatic rings. The van der Waals surface area contributed by atoms with E-state index in [-0.39, 0.29) is 5.91 Å². The van der Waals surface area contributed by atoms with Crippen molar-refractivity contribution < 1.29 is 4.79 Å². The number of nitrogens with zero attached hydrogens (tertiary/aromatic N) is 3. The second-order valence-corrected chi connectivity index (χ2v) is 6.67. The summed E-state index contributed by atoms with van der Waals surface area (Å²) in [5, 5.41) is 9.57. The van der Waals surface area contributed by atoms with E-state index in [1.807, 2.05) is 30.3 Å². The molecule has 0 aliphatic heterocycles. The molecular formula is C22H17ClN6O. The Hall–Kier alpha value is -3.97. The van der Waals surface area contributed by atoms with Gasteiger partial charge in [-0.05, 0) is 48.5 Å². The van der Waals surface area contributed by atoms with Crippen LogP contribution in [0, 0.1) is 0 Å². The minimum Gasteiger partial charge on any atom is -0.340 e. The molecule has 0 unspecified atom stereocenters. The lowest BCUT2D eigenvalue weighted by atomic mass is 10.2. The molecule has 0 atom stereocenters. The van der Waals surface area contributed by atoms with E-state index in [0.717, 1.165) is 5.69 Å². The van der Waals surface area contributed by atoms with Crippen LogP contribution in [0.2, 0.25) is 5.02 Å². The largest absolute Gasteiger partial charge is 0.340 e. The summed E-state index contributed by atoms with van der Waals surface area (Å²) in [5.74, 6) is 1.68. The first-order chi connectivity index (χ1) is 14.7. The molecule has 0 bridgehead atoms. The van der Waals surface area contributed by atoms with Gasteiger partial charge >= 0.3 is 0 Å². The molecule has 3 N–H and O–H groups in total. The van der Waals surface area contributed by atoms with E-state index in [1.54, 1.807) is 48.7 Å². The Kier molecular flexibility index (Phi) is 5.82. The van der Waals surface area contributed by atoms with E-state index in [0.29, 0.717) is 33.7 Å². The Morgan fingerprint density at radius 2 is 1.43 bits per heavy atom. The third kappa shape index (κ3) is 4.89. The first-order valence-electron chi connectivity index (χ1n) is 9.10. The third-order valence-electron chi connectivity index (χ3n) is 4.12. The molecule has 2 aromatic heterocycles. The monoisotopic (exact) mass is 416 g/mol. The molecule has 0 spiro atoms. The lowest BCUT2D eigenvalue weighted by Crippen LogP contribution is -2.12. The number of nitrogens with one attached hydrogen (secondary N) is 3. The van der Waals surface area contributed by atoms with Gasteiger partial charge in [-0.15, -0.1) is 0 Å². The van der Waals surface area contributed by atoms with Crippen LogP contribution in [0.3, 0.4) is 0 Å². The van der Waals surface area contributed by atoms with Crippen LogP contribution >= 0.6 is 11.6 Å². The molecule has 4 rings (SSSR count). The molecule has 0 fully saturated rings. The van der Waals surface area contributed by atoms with E-state index >= 15 is 0 Å². The van der Waals surface area contributed by atoms with Crippen LogP contribution in [0.5, 0.6) is 0 Å². The third-order valence-corrected chi connectivity index (χ3v) is 4.45. The number of hydrogen-bond donors (Lipinski definition) is 3. The number of amides is 1. The SMILES string of the molecule is O=C(Nc1ccc(Nc2cc(Nc3ccccn3)ncn2)cc1)c1ccccc1Cl. The van der Waals surface area contributed by atoms with Crippen molar-refractivity contribution in [2.45, 2.75) is 0 Å². The van der Waals surface area contributed by atoms with Crippen molar-refractivity contribution >= 4 is 46.3 Å². The standard InChI is InChI=1S/C22H17ClN6O/c23-18-6-2-1-5-17(18)22(30)28-16-10-8-15(9-11-16)27-20-13-21(26-14-25-20)29-19-7-3-4-12-24-19/h1-14H,(H,28,30)(H2,24,25,26,27,29). The lowest BCUT2D eigenvalue weighted by Gasteiger charge is -2.10. The number of anilines is 5. The maximum absolute atomic E-state index is 12.4. The first-order valence-corrected chi connectivity index (χ1v) is 9.48. The van der Waals surface area contributed by atoms with Crippen molar-refractivity contribution in [2.24, 2.45) is 0 Å². The van der Waals surface area contributed by atoms with Crippen LogP contribution in [0.4, 0.5) is 28.8 Å². The quantitative estimate of drug-likeness (QED) is 0.397. The highest BCUT2D eigenvalue weighted by Gasteiger charge is 2.09. The number of aromatic nitrogens is 3. The average molecular weight is 417 g/mol. The van der Waals surface area contributed by atoms with E-state index in [4.69, 9.17) is 11.6 Å². The van der Waals surface area contributed by atoms with Gasteiger partial charge in [0.25, 0.3) is 5.91 Å². The Morgan fingerprint density at radius 3 is 2.17 bits per heavy atom. The van der Waals surface area contributed by atoms with Gasteiger partial charge in [-0.1, -0.05) is 29.8 Å². The van der Waals surface area contributed by atoms with Crippen molar-refractivity contribution in [2.75, 3.05) is 16.0 Å².